The molecule has 1 amide bonds. The highest BCUT2D eigenvalue weighted by atomic mass is 16.5. The Hall–Kier alpha value is -1.37. The molecule has 2 aliphatic rings. The number of carbonyl (C=O) groups is 1. The van der Waals surface area contributed by atoms with Crippen molar-refractivity contribution in [2.45, 2.75) is 19.5 Å². The lowest BCUT2D eigenvalue weighted by Gasteiger charge is -2.39. The van der Waals surface area contributed by atoms with Gasteiger partial charge in [0.1, 0.15) is 5.76 Å². The lowest BCUT2D eigenvalue weighted by Crippen LogP contribution is -2.56. The molecule has 2 aliphatic heterocycles. The summed E-state index contributed by atoms with van der Waals surface area (Å²) in [6.07, 6.45) is 1.69. The molecule has 0 radical (unpaired) electrons. The van der Waals surface area contributed by atoms with Crippen LogP contribution in [0.15, 0.2) is 22.8 Å². The van der Waals surface area contributed by atoms with E-state index in [4.69, 9.17) is 14.9 Å². The Balaban J connectivity index is 1.54. The van der Waals surface area contributed by atoms with E-state index in [2.05, 4.69) is 4.90 Å². The summed E-state index contributed by atoms with van der Waals surface area (Å²) in [4.78, 5) is 16.9. The highest BCUT2D eigenvalue weighted by molar-refractivity contribution is 5.83. The molecular weight excluding hydrogens is 270 g/mol. The molecule has 3 rings (SSSR count). The first-order valence-electron chi connectivity index (χ1n) is 7.47. The number of ether oxygens (including phenoxy) is 1. The number of nitrogens with two attached hydrogens (primary N) is 1. The van der Waals surface area contributed by atoms with E-state index in [1.165, 1.54) is 0 Å². The van der Waals surface area contributed by atoms with Crippen LogP contribution < -0.4 is 5.73 Å². The standard InChI is InChI=1S/C15H23N3O3/c1-15(11-20-10-13(15)16)14(19)18-6-4-17(5-7-18)9-12-3-2-8-21-12/h2-3,8,13H,4-7,9-11,16H2,1H3. The van der Waals surface area contributed by atoms with E-state index in [1.807, 2.05) is 24.0 Å². The fourth-order valence-corrected chi connectivity index (χ4v) is 3.00. The molecule has 21 heavy (non-hydrogen) atoms. The van der Waals surface area contributed by atoms with Gasteiger partial charge in [0.2, 0.25) is 5.91 Å². The number of furan rings is 1. The predicted octanol–water partition coefficient (Wildman–Crippen LogP) is 0.288. The zero-order chi connectivity index (χ0) is 14.9. The molecule has 1 aromatic rings. The summed E-state index contributed by atoms with van der Waals surface area (Å²) in [7, 11) is 0. The Kier molecular flexibility index (Phi) is 4.01. The Bertz CT molecular complexity index is 482. The van der Waals surface area contributed by atoms with Crippen LogP contribution in [0.4, 0.5) is 0 Å². The molecule has 0 saturated carbocycles. The summed E-state index contributed by atoms with van der Waals surface area (Å²) in [5.74, 6) is 1.10. The van der Waals surface area contributed by atoms with Crippen molar-refractivity contribution in [3.8, 4) is 0 Å². The molecule has 2 saturated heterocycles. The van der Waals surface area contributed by atoms with E-state index in [0.717, 1.165) is 38.5 Å². The van der Waals surface area contributed by atoms with Gasteiger partial charge in [0.05, 0.1) is 31.4 Å². The summed E-state index contributed by atoms with van der Waals surface area (Å²) in [5.41, 5.74) is 5.48. The highest BCUT2D eigenvalue weighted by Crippen LogP contribution is 2.30. The van der Waals surface area contributed by atoms with Gasteiger partial charge < -0.3 is 19.8 Å². The van der Waals surface area contributed by atoms with Crippen molar-refractivity contribution in [2.75, 3.05) is 39.4 Å². The Morgan fingerprint density at radius 2 is 2.19 bits per heavy atom. The Morgan fingerprint density at radius 1 is 1.43 bits per heavy atom. The molecule has 116 valence electrons. The van der Waals surface area contributed by atoms with Gasteiger partial charge in [-0.3, -0.25) is 9.69 Å². The third-order valence-electron chi connectivity index (χ3n) is 4.63. The van der Waals surface area contributed by atoms with Gasteiger partial charge in [0.15, 0.2) is 0 Å². The second-order valence-corrected chi connectivity index (χ2v) is 6.19. The molecule has 6 heteroatoms. The summed E-state index contributed by atoms with van der Waals surface area (Å²) < 4.78 is 10.7. The van der Waals surface area contributed by atoms with Crippen molar-refractivity contribution >= 4 is 5.91 Å². The number of hydrogen-bond acceptors (Lipinski definition) is 5. The average molecular weight is 293 g/mol. The van der Waals surface area contributed by atoms with Gasteiger partial charge in [-0.2, -0.15) is 0 Å². The molecule has 1 aromatic heterocycles. The highest BCUT2D eigenvalue weighted by Gasteiger charge is 2.46. The second kappa shape index (κ2) is 5.79. The quantitative estimate of drug-likeness (QED) is 0.867. The van der Waals surface area contributed by atoms with Gasteiger partial charge in [0.25, 0.3) is 0 Å². The smallest absolute Gasteiger partial charge is 0.232 e. The number of rotatable bonds is 3. The van der Waals surface area contributed by atoms with Gasteiger partial charge in [-0.25, -0.2) is 0 Å². The van der Waals surface area contributed by atoms with Crippen LogP contribution in [0, 0.1) is 5.41 Å². The van der Waals surface area contributed by atoms with Crippen LogP contribution in [-0.4, -0.2) is 61.1 Å². The van der Waals surface area contributed by atoms with Gasteiger partial charge in [-0.1, -0.05) is 0 Å². The first-order chi connectivity index (χ1) is 10.1. The van der Waals surface area contributed by atoms with Crippen LogP contribution in [0.25, 0.3) is 0 Å². The van der Waals surface area contributed by atoms with Crippen LogP contribution >= 0.6 is 0 Å². The zero-order valence-corrected chi connectivity index (χ0v) is 12.5. The first-order valence-corrected chi connectivity index (χ1v) is 7.47. The maximum Gasteiger partial charge on any atom is 0.232 e. The normalized spacial score (nSPS) is 30.8. The van der Waals surface area contributed by atoms with Crippen molar-refractivity contribution < 1.29 is 13.9 Å². The maximum atomic E-state index is 12.7. The number of piperazine rings is 1. The van der Waals surface area contributed by atoms with Crippen molar-refractivity contribution in [3.63, 3.8) is 0 Å². The number of carbonyl (C=O) groups excluding carboxylic acids is 1. The Morgan fingerprint density at radius 3 is 2.76 bits per heavy atom. The molecule has 3 heterocycles. The van der Waals surface area contributed by atoms with Gasteiger partial charge in [-0.15, -0.1) is 0 Å². The number of hydrogen-bond donors (Lipinski definition) is 1. The molecular formula is C15H23N3O3. The van der Waals surface area contributed by atoms with Gasteiger partial charge >= 0.3 is 0 Å². The minimum absolute atomic E-state index is 0.130. The SMILES string of the molecule is CC1(C(=O)N2CCN(Cc3ccco3)CC2)COCC1N. The molecule has 2 atom stereocenters. The van der Waals surface area contributed by atoms with E-state index in [-0.39, 0.29) is 11.9 Å². The van der Waals surface area contributed by atoms with Crippen molar-refractivity contribution in [2.24, 2.45) is 11.1 Å². The first kappa shape index (κ1) is 14.6. The monoisotopic (exact) mass is 293 g/mol. The van der Waals surface area contributed by atoms with E-state index in [0.29, 0.717) is 13.2 Å². The van der Waals surface area contributed by atoms with E-state index < -0.39 is 5.41 Å². The van der Waals surface area contributed by atoms with Crippen LogP contribution in [0.3, 0.4) is 0 Å². The van der Waals surface area contributed by atoms with Crippen molar-refractivity contribution in [1.82, 2.24) is 9.80 Å². The maximum absolute atomic E-state index is 12.7. The summed E-state index contributed by atoms with van der Waals surface area (Å²) in [6.45, 7) is 6.82. The minimum Gasteiger partial charge on any atom is -0.468 e. The summed E-state index contributed by atoms with van der Waals surface area (Å²) >= 11 is 0. The third-order valence-corrected chi connectivity index (χ3v) is 4.63. The molecule has 0 aliphatic carbocycles. The van der Waals surface area contributed by atoms with E-state index >= 15 is 0 Å². The van der Waals surface area contributed by atoms with E-state index in [9.17, 15) is 4.79 Å². The van der Waals surface area contributed by atoms with Crippen LogP contribution in [0.2, 0.25) is 0 Å². The lowest BCUT2D eigenvalue weighted by molar-refractivity contribution is -0.143. The lowest BCUT2D eigenvalue weighted by atomic mass is 9.84. The summed E-state index contributed by atoms with van der Waals surface area (Å²) in [6, 6.07) is 3.68. The zero-order valence-electron chi connectivity index (χ0n) is 12.5. The fraction of sp³-hybridized carbons (Fsp3) is 0.667. The topological polar surface area (TPSA) is 71.9 Å². The predicted molar refractivity (Wildman–Crippen MR) is 77.5 cm³/mol. The van der Waals surface area contributed by atoms with Gasteiger partial charge in [0, 0.05) is 32.2 Å². The molecule has 0 aromatic carbocycles. The third kappa shape index (κ3) is 2.84. The van der Waals surface area contributed by atoms with Crippen molar-refractivity contribution in [3.05, 3.63) is 24.2 Å². The van der Waals surface area contributed by atoms with Crippen molar-refractivity contribution in [1.29, 1.82) is 0 Å². The largest absolute Gasteiger partial charge is 0.468 e. The number of amides is 1. The molecule has 2 fully saturated rings. The minimum atomic E-state index is -0.566. The summed E-state index contributed by atoms with van der Waals surface area (Å²) in [5, 5.41) is 0. The molecule has 2 N–H and O–H groups in total. The van der Waals surface area contributed by atoms with Crippen LogP contribution in [-0.2, 0) is 16.1 Å². The Labute approximate surface area is 124 Å². The van der Waals surface area contributed by atoms with Gasteiger partial charge in [-0.05, 0) is 19.1 Å². The van der Waals surface area contributed by atoms with E-state index in [1.54, 1.807) is 6.26 Å². The van der Waals surface area contributed by atoms with Crippen LogP contribution in [0.1, 0.15) is 12.7 Å². The molecule has 0 spiro atoms. The molecule has 6 nitrogen and oxygen atoms in total. The molecule has 2 unspecified atom stereocenters. The number of nitrogens with zero attached hydrogens (tertiary/aromatic N) is 2. The molecule has 0 bridgehead atoms. The van der Waals surface area contributed by atoms with Crippen LogP contribution in [0.5, 0.6) is 0 Å². The fourth-order valence-electron chi connectivity index (χ4n) is 3.00. The second-order valence-electron chi connectivity index (χ2n) is 6.19. The average Bonchev–Trinajstić information content (AvgIpc) is 3.11.